The third-order valence-corrected chi connectivity index (χ3v) is 3.20. The number of hydrogen-bond acceptors (Lipinski definition) is 6. The SMILES string of the molecule is CN1C(=O)CCC(Nc2ncc(Cl)cc2[N+](=O)[O-])C1=O. The number of nitrogens with zero attached hydrogens (tertiary/aromatic N) is 3. The van der Waals surface area contributed by atoms with Crippen LogP contribution in [0.5, 0.6) is 0 Å². The molecule has 1 unspecified atom stereocenters. The van der Waals surface area contributed by atoms with Crippen LogP contribution in [0.1, 0.15) is 12.8 Å². The zero-order chi connectivity index (χ0) is 14.9. The molecule has 0 aromatic carbocycles. The number of amides is 2. The molecular weight excluding hydrogens is 288 g/mol. The van der Waals surface area contributed by atoms with E-state index in [9.17, 15) is 19.7 Å². The smallest absolute Gasteiger partial charge is 0.312 e. The van der Waals surface area contributed by atoms with Crippen LogP contribution in [0.3, 0.4) is 0 Å². The van der Waals surface area contributed by atoms with E-state index in [-0.39, 0.29) is 35.3 Å². The number of likely N-dealkylation sites (tertiary alicyclic amines) is 1. The molecule has 1 fully saturated rings. The highest BCUT2D eigenvalue weighted by Crippen LogP contribution is 2.27. The Labute approximate surface area is 118 Å². The molecule has 9 heteroatoms. The minimum Gasteiger partial charge on any atom is -0.353 e. The summed E-state index contributed by atoms with van der Waals surface area (Å²) < 4.78 is 0. The van der Waals surface area contributed by atoms with E-state index in [4.69, 9.17) is 11.6 Å². The van der Waals surface area contributed by atoms with Crippen molar-refractivity contribution in [2.24, 2.45) is 0 Å². The summed E-state index contributed by atoms with van der Waals surface area (Å²) in [6.45, 7) is 0. The molecule has 1 atom stereocenters. The van der Waals surface area contributed by atoms with Gasteiger partial charge in [-0.15, -0.1) is 0 Å². The third kappa shape index (κ3) is 2.69. The Morgan fingerprint density at radius 1 is 1.55 bits per heavy atom. The number of carbonyl (C=O) groups is 2. The van der Waals surface area contributed by atoms with Crippen LogP contribution >= 0.6 is 11.6 Å². The quantitative estimate of drug-likeness (QED) is 0.510. The van der Waals surface area contributed by atoms with Crippen LogP contribution in [0.15, 0.2) is 12.3 Å². The van der Waals surface area contributed by atoms with Gasteiger partial charge in [-0.2, -0.15) is 0 Å². The van der Waals surface area contributed by atoms with Gasteiger partial charge in [-0.05, 0) is 6.42 Å². The number of piperidine rings is 1. The zero-order valence-corrected chi connectivity index (χ0v) is 11.3. The third-order valence-electron chi connectivity index (χ3n) is 2.99. The summed E-state index contributed by atoms with van der Waals surface area (Å²) >= 11 is 5.66. The van der Waals surface area contributed by atoms with Crippen LogP contribution in [-0.2, 0) is 9.59 Å². The Morgan fingerprint density at radius 3 is 2.90 bits per heavy atom. The summed E-state index contributed by atoms with van der Waals surface area (Å²) in [6, 6.07) is 0.434. The molecule has 1 saturated heterocycles. The number of aromatic nitrogens is 1. The van der Waals surface area contributed by atoms with Crippen molar-refractivity contribution in [3.8, 4) is 0 Å². The van der Waals surface area contributed by atoms with Crippen LogP contribution < -0.4 is 5.32 Å². The minimum absolute atomic E-state index is 0.0412. The summed E-state index contributed by atoms with van der Waals surface area (Å²) in [5.41, 5.74) is -0.315. The molecule has 0 aliphatic carbocycles. The molecule has 1 aliphatic heterocycles. The number of rotatable bonds is 3. The van der Waals surface area contributed by atoms with E-state index in [1.54, 1.807) is 0 Å². The Kier molecular flexibility index (Phi) is 3.84. The number of halogens is 1. The Morgan fingerprint density at radius 2 is 2.25 bits per heavy atom. The summed E-state index contributed by atoms with van der Waals surface area (Å²) in [4.78, 5) is 38.4. The van der Waals surface area contributed by atoms with Gasteiger partial charge >= 0.3 is 5.69 Å². The number of nitrogens with one attached hydrogen (secondary N) is 1. The molecule has 2 heterocycles. The zero-order valence-electron chi connectivity index (χ0n) is 10.5. The topological polar surface area (TPSA) is 105 Å². The molecule has 106 valence electrons. The van der Waals surface area contributed by atoms with Crippen molar-refractivity contribution < 1.29 is 14.5 Å². The maximum Gasteiger partial charge on any atom is 0.312 e. The van der Waals surface area contributed by atoms with Crippen molar-refractivity contribution >= 4 is 34.9 Å². The second kappa shape index (κ2) is 5.41. The van der Waals surface area contributed by atoms with Crippen molar-refractivity contribution in [1.29, 1.82) is 0 Å². The van der Waals surface area contributed by atoms with Gasteiger partial charge in [0.15, 0.2) is 0 Å². The molecule has 0 spiro atoms. The van der Waals surface area contributed by atoms with Crippen LogP contribution in [0.25, 0.3) is 0 Å². The van der Waals surface area contributed by atoms with Gasteiger partial charge in [0.05, 0.1) is 9.95 Å². The van der Waals surface area contributed by atoms with Crippen molar-refractivity contribution in [3.63, 3.8) is 0 Å². The second-order valence-corrected chi connectivity index (χ2v) is 4.74. The fourth-order valence-electron chi connectivity index (χ4n) is 1.89. The number of imide groups is 1. The van der Waals surface area contributed by atoms with Crippen molar-refractivity contribution in [1.82, 2.24) is 9.88 Å². The van der Waals surface area contributed by atoms with Crippen LogP contribution in [-0.4, -0.2) is 39.7 Å². The molecule has 1 aliphatic rings. The van der Waals surface area contributed by atoms with E-state index in [0.717, 1.165) is 11.0 Å². The Hall–Kier alpha value is -2.22. The van der Waals surface area contributed by atoms with Gasteiger partial charge in [0.2, 0.25) is 11.7 Å². The van der Waals surface area contributed by atoms with E-state index >= 15 is 0 Å². The summed E-state index contributed by atoms with van der Waals surface area (Å²) in [6.07, 6.45) is 1.71. The molecule has 8 nitrogen and oxygen atoms in total. The van der Waals surface area contributed by atoms with E-state index < -0.39 is 16.9 Å². The van der Waals surface area contributed by atoms with E-state index in [2.05, 4.69) is 10.3 Å². The summed E-state index contributed by atoms with van der Waals surface area (Å²) in [7, 11) is 1.38. The largest absolute Gasteiger partial charge is 0.353 e. The van der Waals surface area contributed by atoms with Crippen molar-refractivity contribution in [2.75, 3.05) is 12.4 Å². The standard InChI is InChI=1S/C11H11ClN4O4/c1-15-9(17)3-2-7(11(15)18)14-10-8(16(19)20)4-6(12)5-13-10/h4-5,7H,2-3H2,1H3,(H,13,14). The average Bonchev–Trinajstić information content (AvgIpc) is 2.41. The van der Waals surface area contributed by atoms with Gasteiger partial charge in [-0.1, -0.05) is 11.6 Å². The normalized spacial score (nSPS) is 19.1. The lowest BCUT2D eigenvalue weighted by atomic mass is 10.0. The molecule has 0 saturated carbocycles. The number of nitro groups is 1. The number of hydrogen-bond donors (Lipinski definition) is 1. The van der Waals surface area contributed by atoms with Crippen LogP contribution in [0.4, 0.5) is 11.5 Å². The van der Waals surface area contributed by atoms with Gasteiger partial charge in [-0.25, -0.2) is 4.98 Å². The summed E-state index contributed by atoms with van der Waals surface area (Å²) in [5.74, 6) is -0.751. The summed E-state index contributed by atoms with van der Waals surface area (Å²) in [5, 5.41) is 13.8. The number of anilines is 1. The molecule has 1 aromatic heterocycles. The highest BCUT2D eigenvalue weighted by molar-refractivity contribution is 6.30. The molecule has 0 radical (unpaired) electrons. The lowest BCUT2D eigenvalue weighted by Gasteiger charge is -2.28. The molecular formula is C11H11ClN4O4. The highest BCUT2D eigenvalue weighted by Gasteiger charge is 2.33. The first kappa shape index (κ1) is 14.2. The first-order valence-electron chi connectivity index (χ1n) is 5.77. The lowest BCUT2D eigenvalue weighted by molar-refractivity contribution is -0.384. The fraction of sp³-hybridized carbons (Fsp3) is 0.364. The van der Waals surface area contributed by atoms with Gasteiger partial charge < -0.3 is 5.32 Å². The Balaban J connectivity index is 2.24. The number of likely N-dealkylation sites (N-methyl/N-ethyl adjacent to an activating group) is 1. The van der Waals surface area contributed by atoms with Gasteiger partial charge in [0.25, 0.3) is 5.91 Å². The molecule has 2 rings (SSSR count). The van der Waals surface area contributed by atoms with E-state index in [1.807, 2.05) is 0 Å². The van der Waals surface area contributed by atoms with Gasteiger partial charge in [0.1, 0.15) is 6.04 Å². The maximum absolute atomic E-state index is 11.9. The fourth-order valence-corrected chi connectivity index (χ4v) is 2.05. The predicted octanol–water partition coefficient (Wildman–Crippen LogP) is 1.20. The number of carbonyl (C=O) groups excluding carboxylic acids is 2. The monoisotopic (exact) mass is 298 g/mol. The maximum atomic E-state index is 11.9. The van der Waals surface area contributed by atoms with Crippen LogP contribution in [0.2, 0.25) is 5.02 Å². The first-order valence-corrected chi connectivity index (χ1v) is 6.15. The Bertz CT molecular complexity index is 592. The van der Waals surface area contributed by atoms with E-state index in [0.29, 0.717) is 0 Å². The lowest BCUT2D eigenvalue weighted by Crippen LogP contribution is -2.48. The first-order chi connectivity index (χ1) is 9.40. The average molecular weight is 299 g/mol. The number of pyridine rings is 1. The van der Waals surface area contributed by atoms with Gasteiger partial charge in [0, 0.05) is 25.7 Å². The van der Waals surface area contributed by atoms with Crippen molar-refractivity contribution in [2.45, 2.75) is 18.9 Å². The molecule has 2 amide bonds. The minimum atomic E-state index is -0.718. The molecule has 0 bridgehead atoms. The molecule has 20 heavy (non-hydrogen) atoms. The second-order valence-electron chi connectivity index (χ2n) is 4.30. The van der Waals surface area contributed by atoms with Crippen molar-refractivity contribution in [3.05, 3.63) is 27.4 Å². The van der Waals surface area contributed by atoms with Crippen LogP contribution in [0, 0.1) is 10.1 Å². The predicted molar refractivity (Wildman–Crippen MR) is 70.3 cm³/mol. The molecule has 1 N–H and O–H groups in total. The van der Waals surface area contributed by atoms with E-state index in [1.165, 1.54) is 13.2 Å². The highest BCUT2D eigenvalue weighted by atomic mass is 35.5. The molecule has 1 aromatic rings. The van der Waals surface area contributed by atoms with Gasteiger partial charge in [-0.3, -0.25) is 24.6 Å².